The van der Waals surface area contributed by atoms with E-state index in [0.29, 0.717) is 0 Å². The molecule has 3 aromatic heterocycles. The van der Waals surface area contributed by atoms with Crippen molar-refractivity contribution in [1.29, 1.82) is 0 Å². The van der Waals surface area contributed by atoms with Crippen LogP contribution in [0.2, 0.25) is 0 Å². The SMILES string of the molecule is c1ccc(-n2c3ccccc3c3cc4c(cc32)-c2c(-c3cccc5c3Cc3ccccc3-5)cccc2C42c3ccccc3-c3ccccc32)cc1.c1ccc2c(c1)-c1ccccc1C21c2ccccc2-c2c(-n3c4ccccc4c4cnccc43)cccc21.c1ccc2c(c1)Cc1c(-c3ccc4c(c3)-c3cc5ccccc5cc3C43c4ccc(-c5cccc6c5Cc5ccccc5-6)cc4-c4cc5ccccc5cc43)cccc1-2. The van der Waals surface area contributed by atoms with Crippen LogP contribution < -0.4 is 0 Å². The Kier molecular flexibility index (Phi) is 17.0. The van der Waals surface area contributed by atoms with Gasteiger partial charge < -0.3 is 9.13 Å². The average molecular weight is 1870 g/mol. The molecule has 0 saturated carbocycles. The van der Waals surface area contributed by atoms with Crippen molar-refractivity contribution in [2.75, 3.05) is 0 Å². The molecule has 9 aliphatic carbocycles. The zero-order chi connectivity index (χ0) is 96.5. The van der Waals surface area contributed by atoms with Gasteiger partial charge >= 0.3 is 0 Å². The topological polar surface area (TPSA) is 22.8 Å². The van der Waals surface area contributed by atoms with Crippen molar-refractivity contribution >= 4 is 65.2 Å². The highest BCUT2D eigenvalue weighted by atomic mass is 15.0. The first-order chi connectivity index (χ1) is 73.4. The molecular weight excluding hydrogens is 1780 g/mol. The third-order valence-electron chi connectivity index (χ3n) is 35.1. The summed E-state index contributed by atoms with van der Waals surface area (Å²) in [6.07, 6.45) is 6.79. The summed E-state index contributed by atoms with van der Waals surface area (Å²) in [4.78, 5) is 4.47. The molecule has 3 nitrogen and oxygen atoms in total. The standard InChI is InChI=1S/C59H36.C50H31N.C36H22N2/c1-3-13-37-33-57-53(27-35(37)11-1)51-31-41(45-19-9-21-47-43-17-7-5-15-39(43)29-49(45)47)23-25-55(51)59(57)56-26-24-42(32-52(56)54-28-36-12-2-4-14-38(36)34-58(54)59)46-20-10-22-48-44-18-8-6-16-40(44)30-50(46)48;1-2-15-32(16-3-1)51-47-27-11-8-20-38(47)41-29-46-42(30-48(41)51)49-39(35-22-12-21-34-33-17-5-4-14-31(33)28-40(34)35)23-13-26-45(49)50(46)43-24-9-6-18-36(43)37-19-7-10-25-44(37)50;1-5-14-28-23(10-1)24-11-2-6-15-29(24)36(28)30-16-7-3-13-26(30)35-31(36)17-9-19-34(35)38-32-18-8-4-12-25(32)27-22-37-21-20-33(27)38/h1-28,31-34H,29-30H2;1-27,29-30H,28H2;1-22H. The van der Waals surface area contributed by atoms with E-state index in [1.807, 2.05) is 12.4 Å². The number of hydrogen-bond donors (Lipinski definition) is 0. The lowest BCUT2D eigenvalue weighted by Crippen LogP contribution is -2.26. The molecule has 0 aliphatic heterocycles. The minimum Gasteiger partial charge on any atom is -0.309 e. The van der Waals surface area contributed by atoms with Gasteiger partial charge in [0.05, 0.1) is 44.0 Å². The molecule has 684 valence electrons. The zero-order valence-corrected chi connectivity index (χ0v) is 80.9. The van der Waals surface area contributed by atoms with Crippen molar-refractivity contribution < 1.29 is 0 Å². The second-order valence-electron chi connectivity index (χ2n) is 41.8. The predicted molar refractivity (Wildman–Crippen MR) is 611 cm³/mol. The number of benzene rings is 23. The maximum atomic E-state index is 4.47. The molecule has 148 heavy (non-hydrogen) atoms. The molecule has 0 saturated heterocycles. The van der Waals surface area contributed by atoms with Gasteiger partial charge in [-0.2, -0.15) is 0 Å². The van der Waals surface area contributed by atoms with E-state index >= 15 is 0 Å². The fraction of sp³-hybridized carbons (Fsp3) is 0.0414. The number of fused-ring (bicyclic) bond motifs is 47. The molecular formula is C145H89N3. The van der Waals surface area contributed by atoms with Gasteiger partial charge in [0, 0.05) is 45.2 Å². The Labute approximate surface area is 857 Å². The smallest absolute Gasteiger partial charge is 0.0726 e. The first kappa shape index (κ1) is 81.8. The molecule has 0 bridgehead atoms. The van der Waals surface area contributed by atoms with Crippen LogP contribution >= 0.6 is 0 Å². The first-order valence-electron chi connectivity index (χ1n) is 52.1. The highest BCUT2D eigenvalue weighted by Crippen LogP contribution is 2.70. The van der Waals surface area contributed by atoms with Crippen molar-refractivity contribution in [2.45, 2.75) is 35.5 Å². The summed E-state index contributed by atoms with van der Waals surface area (Å²) in [7, 11) is 0. The van der Waals surface area contributed by atoms with Crippen molar-refractivity contribution in [3.05, 3.63) is 604 Å². The summed E-state index contributed by atoms with van der Waals surface area (Å²) in [5.41, 5.74) is 63.2. The highest BCUT2D eigenvalue weighted by molar-refractivity contribution is 6.16. The number of rotatable bonds is 5. The molecule has 26 aromatic rings. The lowest BCUT2D eigenvalue weighted by Gasteiger charge is -2.31. The molecule has 0 radical (unpaired) electrons. The summed E-state index contributed by atoms with van der Waals surface area (Å²) < 4.78 is 4.90. The van der Waals surface area contributed by atoms with Crippen LogP contribution in [0.5, 0.6) is 0 Å². The van der Waals surface area contributed by atoms with Crippen LogP contribution in [0.25, 0.3) is 210 Å². The minimum atomic E-state index is -0.468. The van der Waals surface area contributed by atoms with Crippen molar-refractivity contribution in [3.8, 4) is 145 Å². The van der Waals surface area contributed by atoms with Crippen LogP contribution in [-0.2, 0) is 35.5 Å². The van der Waals surface area contributed by atoms with E-state index < -0.39 is 10.8 Å². The van der Waals surface area contributed by atoms with Crippen LogP contribution in [0.4, 0.5) is 0 Å². The van der Waals surface area contributed by atoms with Gasteiger partial charge in [-0.05, 0) is 354 Å². The van der Waals surface area contributed by atoms with Gasteiger partial charge in [-0.1, -0.05) is 406 Å². The molecule has 3 heteroatoms. The van der Waals surface area contributed by atoms with Crippen LogP contribution in [-0.4, -0.2) is 14.1 Å². The molecule has 9 aliphatic rings. The van der Waals surface area contributed by atoms with Crippen LogP contribution in [0, 0.1) is 0 Å². The Morgan fingerprint density at radius 1 is 0.176 bits per heavy atom. The van der Waals surface area contributed by atoms with E-state index in [4.69, 9.17) is 0 Å². The number of para-hydroxylation sites is 3. The Hall–Kier alpha value is -18.7. The summed E-state index contributed by atoms with van der Waals surface area (Å²) in [5, 5.41) is 10.1. The van der Waals surface area contributed by atoms with Gasteiger partial charge in [-0.25, -0.2) is 0 Å². The van der Waals surface area contributed by atoms with Gasteiger partial charge in [-0.3, -0.25) is 4.98 Å². The fourth-order valence-electron chi connectivity index (χ4n) is 29.3. The van der Waals surface area contributed by atoms with E-state index in [-0.39, 0.29) is 5.41 Å². The van der Waals surface area contributed by atoms with Crippen LogP contribution in [0.1, 0.15) is 100 Å². The van der Waals surface area contributed by atoms with E-state index in [9.17, 15) is 0 Å². The number of hydrogen-bond acceptors (Lipinski definition) is 1. The van der Waals surface area contributed by atoms with E-state index in [2.05, 4.69) is 505 Å². The van der Waals surface area contributed by atoms with Crippen molar-refractivity contribution in [3.63, 3.8) is 0 Å². The first-order valence-corrected chi connectivity index (χ1v) is 52.1. The third kappa shape index (κ3) is 10.9. The molecule has 23 aromatic carbocycles. The lowest BCUT2D eigenvalue weighted by molar-refractivity contribution is 0.793. The second kappa shape index (κ2) is 30.7. The normalized spacial score (nSPS) is 14.0. The molecule has 3 heterocycles. The van der Waals surface area contributed by atoms with E-state index in [0.717, 1.165) is 19.3 Å². The molecule has 0 N–H and O–H groups in total. The highest BCUT2D eigenvalue weighted by Gasteiger charge is 2.57. The largest absolute Gasteiger partial charge is 0.309 e. The van der Waals surface area contributed by atoms with E-state index in [1.54, 1.807) is 0 Å². The van der Waals surface area contributed by atoms with Gasteiger partial charge in [-0.15, -0.1) is 0 Å². The lowest BCUT2D eigenvalue weighted by atomic mass is 9.70. The van der Waals surface area contributed by atoms with Crippen LogP contribution in [0.3, 0.4) is 0 Å². The number of aromatic nitrogens is 3. The minimum absolute atomic E-state index is 0.338. The van der Waals surface area contributed by atoms with Crippen molar-refractivity contribution in [1.82, 2.24) is 14.1 Å². The summed E-state index contributed by atoms with van der Waals surface area (Å²) in [6.45, 7) is 0. The van der Waals surface area contributed by atoms with Gasteiger partial charge in [0.15, 0.2) is 0 Å². The molecule has 0 atom stereocenters. The molecule has 3 spiro atoms. The fourth-order valence-corrected chi connectivity index (χ4v) is 29.3. The van der Waals surface area contributed by atoms with Gasteiger partial charge in [0.1, 0.15) is 0 Å². The summed E-state index contributed by atoms with van der Waals surface area (Å²) in [6, 6.07) is 185. The number of nitrogens with zero attached hydrogens (tertiary/aromatic N) is 3. The average Bonchev–Trinajstić information content (AvgIpc) is 1.50. The van der Waals surface area contributed by atoms with Crippen LogP contribution in [0.15, 0.2) is 504 Å². The predicted octanol–water partition coefficient (Wildman–Crippen LogP) is 35.7. The Morgan fingerprint density at radius 2 is 0.514 bits per heavy atom. The van der Waals surface area contributed by atoms with Gasteiger partial charge in [0.25, 0.3) is 0 Å². The quantitative estimate of drug-likeness (QED) is 0.168. The summed E-state index contributed by atoms with van der Waals surface area (Å²) >= 11 is 0. The third-order valence-corrected chi connectivity index (χ3v) is 35.1. The maximum absolute atomic E-state index is 4.47. The van der Waals surface area contributed by atoms with Crippen molar-refractivity contribution in [2.24, 2.45) is 0 Å². The monoisotopic (exact) mass is 1870 g/mol. The molecule has 0 amide bonds. The number of pyridine rings is 1. The Balaban J connectivity index is 0.0000000988. The second-order valence-corrected chi connectivity index (χ2v) is 41.8. The Morgan fingerprint density at radius 3 is 1.03 bits per heavy atom. The molecule has 0 unspecified atom stereocenters. The van der Waals surface area contributed by atoms with Gasteiger partial charge in [0.2, 0.25) is 0 Å². The zero-order valence-electron chi connectivity index (χ0n) is 80.9. The Bertz CT molecular complexity index is 10000. The molecule has 35 rings (SSSR count). The molecule has 0 fully saturated rings. The maximum Gasteiger partial charge on any atom is 0.0726 e. The van der Waals surface area contributed by atoms with E-state index in [1.165, 1.54) is 310 Å². The summed E-state index contributed by atoms with van der Waals surface area (Å²) in [5.74, 6) is 0.